The molecule has 5 rings (SSSR count). The smallest absolute Gasteiger partial charge is 0.224 e. The largest absolute Gasteiger partial charge is 0.494 e. The Morgan fingerprint density at radius 3 is 2.62 bits per heavy atom. The first-order chi connectivity index (χ1) is 17.9. The Morgan fingerprint density at radius 2 is 1.95 bits per heavy atom. The van der Waals surface area contributed by atoms with Gasteiger partial charge in [0.2, 0.25) is 5.91 Å². The summed E-state index contributed by atoms with van der Waals surface area (Å²) in [6.07, 6.45) is 5.50. The molecule has 2 N–H and O–H groups in total. The molecular weight excluding hydrogens is 488 g/mol. The van der Waals surface area contributed by atoms with Crippen molar-refractivity contribution in [2.75, 3.05) is 17.3 Å². The molecule has 4 heterocycles. The molecule has 1 fully saturated rings. The summed E-state index contributed by atoms with van der Waals surface area (Å²) in [6, 6.07) is 13.3. The Hall–Kier alpha value is -4.25. The lowest BCUT2D eigenvalue weighted by molar-refractivity contribution is -0.115. The number of thiocarbonyl (C=S) groups is 1. The number of carbonyl (C=O) groups excluding carboxylic acids is 1. The molecule has 1 aromatic carbocycles. The number of hydrogen-bond donors (Lipinski definition) is 2. The first kappa shape index (κ1) is 24.4. The number of aromatic nitrogens is 5. The van der Waals surface area contributed by atoms with E-state index in [0.717, 1.165) is 28.3 Å². The summed E-state index contributed by atoms with van der Waals surface area (Å²) in [5, 5.41) is 14.9. The summed E-state index contributed by atoms with van der Waals surface area (Å²) < 4.78 is 9.55. The maximum atomic E-state index is 12.0. The molecule has 0 aliphatic carbocycles. The van der Waals surface area contributed by atoms with E-state index in [0.29, 0.717) is 23.0 Å². The van der Waals surface area contributed by atoms with Crippen LogP contribution in [0.5, 0.6) is 5.75 Å². The van der Waals surface area contributed by atoms with Gasteiger partial charge in [-0.15, -0.1) is 10.2 Å². The van der Waals surface area contributed by atoms with Gasteiger partial charge in [0.05, 0.1) is 30.6 Å². The lowest BCUT2D eigenvalue weighted by atomic mass is 9.96. The Morgan fingerprint density at radius 1 is 1.16 bits per heavy atom. The highest BCUT2D eigenvalue weighted by molar-refractivity contribution is 7.80. The molecule has 1 aliphatic rings. The van der Waals surface area contributed by atoms with Crippen LogP contribution in [0, 0.1) is 13.8 Å². The number of anilines is 2. The molecule has 1 saturated heterocycles. The number of carbonyl (C=O) groups is 1. The molecule has 0 unspecified atom stereocenters. The molecule has 0 spiro atoms. The first-order valence-electron chi connectivity index (χ1n) is 12.0. The van der Waals surface area contributed by atoms with Gasteiger partial charge < -0.3 is 20.3 Å². The third kappa shape index (κ3) is 4.42. The maximum absolute atomic E-state index is 12.0. The van der Waals surface area contributed by atoms with Crippen molar-refractivity contribution in [1.82, 2.24) is 29.9 Å². The highest BCUT2D eigenvalue weighted by Crippen LogP contribution is 2.44. The van der Waals surface area contributed by atoms with Crippen LogP contribution >= 0.6 is 12.2 Å². The fraction of sp³-hybridized carbons (Fsp3) is 0.269. The zero-order valence-corrected chi connectivity index (χ0v) is 21.9. The summed E-state index contributed by atoms with van der Waals surface area (Å²) in [5.74, 6) is 0.469. The number of rotatable bonds is 7. The van der Waals surface area contributed by atoms with E-state index in [1.165, 1.54) is 0 Å². The predicted octanol–water partition coefficient (Wildman–Crippen LogP) is 3.94. The maximum Gasteiger partial charge on any atom is 0.224 e. The van der Waals surface area contributed by atoms with Crippen molar-refractivity contribution in [2.45, 2.75) is 39.3 Å². The highest BCUT2D eigenvalue weighted by Gasteiger charge is 2.42. The number of benzene rings is 1. The quantitative estimate of drug-likeness (QED) is 0.356. The average molecular weight is 517 g/mol. The lowest BCUT2D eigenvalue weighted by Crippen LogP contribution is -2.29. The molecule has 0 radical (unpaired) electrons. The minimum absolute atomic E-state index is 0.0843. The van der Waals surface area contributed by atoms with Gasteiger partial charge in [0.1, 0.15) is 18.4 Å². The summed E-state index contributed by atoms with van der Waals surface area (Å²) in [4.78, 5) is 18.7. The number of amides is 1. The highest BCUT2D eigenvalue weighted by atomic mass is 32.1. The van der Waals surface area contributed by atoms with Crippen LogP contribution in [0.15, 0.2) is 61.3 Å². The number of ether oxygens (including phenoxy) is 1. The molecule has 4 aromatic rings. The van der Waals surface area contributed by atoms with Gasteiger partial charge in [0, 0.05) is 41.3 Å². The van der Waals surface area contributed by atoms with Crippen LogP contribution in [-0.2, 0) is 4.79 Å². The molecule has 3 aromatic heterocycles. The molecule has 190 valence electrons. The van der Waals surface area contributed by atoms with Crippen molar-refractivity contribution in [3.8, 4) is 5.75 Å². The Balaban J connectivity index is 1.64. The molecule has 1 aliphatic heterocycles. The van der Waals surface area contributed by atoms with Crippen LogP contribution in [0.25, 0.3) is 0 Å². The molecule has 1 amide bonds. The topological polar surface area (TPSA) is 102 Å². The van der Waals surface area contributed by atoms with Crippen LogP contribution in [0.1, 0.15) is 48.1 Å². The van der Waals surface area contributed by atoms with Crippen LogP contribution in [0.2, 0.25) is 0 Å². The van der Waals surface area contributed by atoms with Crippen molar-refractivity contribution in [3.05, 3.63) is 84.0 Å². The summed E-state index contributed by atoms with van der Waals surface area (Å²) >= 11 is 5.88. The SMILES string of the molecule is CCC(=O)Nc1ccc(N2C(=S)N[C@@H](c3ccccn3)[C@@H]2c2cc(C)n(-n3cnnc3)c2C)cc1OC. The molecule has 0 saturated carbocycles. The normalized spacial score (nSPS) is 17.1. The first-order valence-corrected chi connectivity index (χ1v) is 12.4. The molecule has 10 nitrogen and oxygen atoms in total. The van der Waals surface area contributed by atoms with Crippen molar-refractivity contribution in [2.24, 2.45) is 0 Å². The number of pyridine rings is 1. The van der Waals surface area contributed by atoms with Crippen LogP contribution in [0.4, 0.5) is 11.4 Å². The zero-order valence-electron chi connectivity index (χ0n) is 21.0. The number of methoxy groups -OCH3 is 1. The molecule has 2 atom stereocenters. The minimum atomic E-state index is -0.209. The number of nitrogens with one attached hydrogen (secondary N) is 2. The van der Waals surface area contributed by atoms with Crippen LogP contribution in [-0.4, -0.2) is 42.7 Å². The summed E-state index contributed by atoms with van der Waals surface area (Å²) in [7, 11) is 1.59. The van der Waals surface area contributed by atoms with Gasteiger partial charge in [-0.05, 0) is 56.4 Å². The zero-order chi connectivity index (χ0) is 26.1. The van der Waals surface area contributed by atoms with Crippen molar-refractivity contribution in [1.29, 1.82) is 0 Å². The predicted molar refractivity (Wildman–Crippen MR) is 145 cm³/mol. The average Bonchev–Trinajstić information content (AvgIpc) is 3.62. The van der Waals surface area contributed by atoms with E-state index < -0.39 is 0 Å². The van der Waals surface area contributed by atoms with Crippen LogP contribution in [0.3, 0.4) is 0 Å². The van der Waals surface area contributed by atoms with Gasteiger partial charge in [-0.1, -0.05) is 13.0 Å². The lowest BCUT2D eigenvalue weighted by Gasteiger charge is -2.28. The van der Waals surface area contributed by atoms with E-state index in [1.54, 1.807) is 26.0 Å². The molecule has 11 heteroatoms. The number of aryl methyl sites for hydroxylation is 1. The third-order valence-corrected chi connectivity index (χ3v) is 6.86. The second-order valence-electron chi connectivity index (χ2n) is 8.76. The fourth-order valence-corrected chi connectivity index (χ4v) is 5.20. The summed E-state index contributed by atoms with van der Waals surface area (Å²) in [6.45, 7) is 5.93. The van der Waals surface area contributed by atoms with Gasteiger partial charge in [-0.3, -0.25) is 14.5 Å². The monoisotopic (exact) mass is 516 g/mol. The van der Waals surface area contributed by atoms with Gasteiger partial charge in [0.15, 0.2) is 5.11 Å². The van der Waals surface area contributed by atoms with E-state index >= 15 is 0 Å². The number of hydrogen-bond acceptors (Lipinski definition) is 6. The van der Waals surface area contributed by atoms with Gasteiger partial charge in [-0.25, -0.2) is 4.68 Å². The van der Waals surface area contributed by atoms with E-state index in [2.05, 4.69) is 48.4 Å². The van der Waals surface area contributed by atoms with E-state index in [9.17, 15) is 4.79 Å². The minimum Gasteiger partial charge on any atom is -0.494 e. The molecule has 0 bridgehead atoms. The van der Waals surface area contributed by atoms with Gasteiger partial charge in [0.25, 0.3) is 0 Å². The second-order valence-corrected chi connectivity index (χ2v) is 9.15. The Bertz CT molecular complexity index is 1430. The third-order valence-electron chi connectivity index (χ3n) is 6.55. The summed E-state index contributed by atoms with van der Waals surface area (Å²) in [5.41, 5.74) is 5.46. The van der Waals surface area contributed by atoms with Crippen molar-refractivity contribution >= 4 is 34.6 Å². The Labute approximate surface area is 220 Å². The Kier molecular flexibility index (Phi) is 6.62. The van der Waals surface area contributed by atoms with Gasteiger partial charge >= 0.3 is 0 Å². The van der Waals surface area contributed by atoms with E-state index in [-0.39, 0.29) is 18.0 Å². The van der Waals surface area contributed by atoms with Crippen molar-refractivity contribution in [3.63, 3.8) is 0 Å². The fourth-order valence-electron chi connectivity index (χ4n) is 4.85. The van der Waals surface area contributed by atoms with Crippen molar-refractivity contribution < 1.29 is 9.53 Å². The standard InChI is InChI=1S/C26H28N8O2S/c1-5-23(35)30-20-10-9-18(13-22(20)36-4)33-25(24(31-26(33)37)21-8-6-7-11-27-21)19-12-16(2)34(17(19)3)32-14-28-29-15-32/h6-15,24-25H,5H2,1-4H3,(H,30,35)(H,31,37)/t24-,25-/m0/s1. The second kappa shape index (κ2) is 10.0. The van der Waals surface area contributed by atoms with E-state index in [1.807, 2.05) is 54.9 Å². The molecule has 37 heavy (non-hydrogen) atoms. The van der Waals surface area contributed by atoms with E-state index in [4.69, 9.17) is 17.0 Å². The van der Waals surface area contributed by atoms with Gasteiger partial charge in [-0.2, -0.15) is 0 Å². The van der Waals surface area contributed by atoms with Crippen LogP contribution < -0.4 is 20.3 Å². The molecular formula is C26H28N8O2S. The number of nitrogens with zero attached hydrogens (tertiary/aromatic N) is 6.